The van der Waals surface area contributed by atoms with Gasteiger partial charge in [-0.15, -0.1) is 0 Å². The zero-order valence-electron chi connectivity index (χ0n) is 13.7. The van der Waals surface area contributed by atoms with Crippen molar-refractivity contribution in [2.45, 2.75) is 45.4 Å². The molecular formula is C16H24BFN2O2. The molecule has 1 aliphatic rings. The summed E-state index contributed by atoms with van der Waals surface area (Å²) in [4.78, 5) is 0. The highest BCUT2D eigenvalue weighted by atomic mass is 19.1. The van der Waals surface area contributed by atoms with Gasteiger partial charge < -0.3 is 20.8 Å². The predicted octanol–water partition coefficient (Wildman–Crippen LogP) is 2.26. The second-order valence-corrected chi connectivity index (χ2v) is 6.57. The topological polar surface area (TPSA) is 70.5 Å². The van der Waals surface area contributed by atoms with Crippen molar-refractivity contribution in [1.29, 1.82) is 0 Å². The van der Waals surface area contributed by atoms with Gasteiger partial charge in [0, 0.05) is 18.7 Å². The maximum Gasteiger partial charge on any atom is 0.491 e. The minimum Gasteiger partial charge on any atom is -0.400 e. The summed E-state index contributed by atoms with van der Waals surface area (Å²) in [7, 11) is -0.521. The largest absolute Gasteiger partial charge is 0.491 e. The molecule has 1 heterocycles. The van der Waals surface area contributed by atoms with Crippen LogP contribution in [-0.4, -0.2) is 24.9 Å². The van der Waals surface area contributed by atoms with E-state index in [1.54, 1.807) is 6.07 Å². The van der Waals surface area contributed by atoms with Crippen LogP contribution in [0.1, 0.15) is 38.8 Å². The average Bonchev–Trinajstić information content (AvgIpc) is 2.65. The van der Waals surface area contributed by atoms with Crippen molar-refractivity contribution in [3.05, 3.63) is 40.6 Å². The molecule has 1 fully saturated rings. The Morgan fingerprint density at radius 1 is 1.18 bits per heavy atom. The highest BCUT2D eigenvalue weighted by Gasteiger charge is 2.52. The van der Waals surface area contributed by atoms with Crippen LogP contribution in [0.25, 0.3) is 6.08 Å². The fraction of sp³-hybridized carbons (Fsp3) is 0.500. The van der Waals surface area contributed by atoms with Crippen LogP contribution in [0, 0.1) is 5.82 Å². The SMILES string of the molecule is CC1(C)OB(C(=Cc2ccc(CN)c(F)c2)CN)OC1(C)C. The number of hydrogen-bond acceptors (Lipinski definition) is 4. The van der Waals surface area contributed by atoms with Gasteiger partial charge in [0.15, 0.2) is 0 Å². The molecular weight excluding hydrogens is 282 g/mol. The maximum atomic E-state index is 13.8. The molecule has 0 radical (unpaired) electrons. The first kappa shape index (κ1) is 17.2. The van der Waals surface area contributed by atoms with Crippen molar-refractivity contribution in [1.82, 2.24) is 0 Å². The van der Waals surface area contributed by atoms with E-state index in [0.717, 1.165) is 5.47 Å². The van der Waals surface area contributed by atoms with E-state index >= 15 is 0 Å². The minimum atomic E-state index is -0.521. The lowest BCUT2D eigenvalue weighted by Gasteiger charge is -2.32. The van der Waals surface area contributed by atoms with E-state index in [1.807, 2.05) is 39.8 Å². The van der Waals surface area contributed by atoms with Crippen molar-refractivity contribution < 1.29 is 13.7 Å². The first-order valence-electron chi connectivity index (χ1n) is 7.45. The summed E-state index contributed by atoms with van der Waals surface area (Å²) < 4.78 is 25.8. The van der Waals surface area contributed by atoms with Crippen molar-refractivity contribution in [3.8, 4) is 0 Å². The lowest BCUT2D eigenvalue weighted by Crippen LogP contribution is -2.41. The Morgan fingerprint density at radius 2 is 1.77 bits per heavy atom. The van der Waals surface area contributed by atoms with Crippen LogP contribution in [-0.2, 0) is 15.9 Å². The molecule has 0 bridgehead atoms. The minimum absolute atomic E-state index is 0.177. The molecule has 0 aromatic heterocycles. The monoisotopic (exact) mass is 306 g/mol. The second kappa shape index (κ2) is 6.12. The molecule has 22 heavy (non-hydrogen) atoms. The molecule has 0 aliphatic carbocycles. The van der Waals surface area contributed by atoms with Gasteiger partial charge >= 0.3 is 7.12 Å². The molecule has 0 saturated carbocycles. The summed E-state index contributed by atoms with van der Waals surface area (Å²) >= 11 is 0. The van der Waals surface area contributed by atoms with Gasteiger partial charge in [-0.25, -0.2) is 4.39 Å². The molecule has 1 saturated heterocycles. The van der Waals surface area contributed by atoms with Crippen LogP contribution in [0.5, 0.6) is 0 Å². The summed E-state index contributed by atoms with van der Waals surface area (Å²) in [5, 5.41) is 0. The Morgan fingerprint density at radius 3 is 2.23 bits per heavy atom. The summed E-state index contributed by atoms with van der Waals surface area (Å²) in [5.41, 5.74) is 12.4. The van der Waals surface area contributed by atoms with E-state index in [0.29, 0.717) is 11.1 Å². The van der Waals surface area contributed by atoms with Crippen LogP contribution >= 0.6 is 0 Å². The smallest absolute Gasteiger partial charge is 0.400 e. The van der Waals surface area contributed by atoms with Crippen molar-refractivity contribution in [3.63, 3.8) is 0 Å². The standard InChI is InChI=1S/C16H24BFN2O2/c1-15(2)16(3,4)22-17(21-15)13(10-20)7-11-5-6-12(9-19)14(18)8-11/h5-8H,9-10,19-20H2,1-4H3. The molecule has 0 unspecified atom stereocenters. The lowest BCUT2D eigenvalue weighted by atomic mass is 9.77. The predicted molar refractivity (Wildman–Crippen MR) is 87.4 cm³/mol. The van der Waals surface area contributed by atoms with Crippen LogP contribution in [0.2, 0.25) is 0 Å². The maximum absolute atomic E-state index is 13.8. The first-order valence-corrected chi connectivity index (χ1v) is 7.45. The fourth-order valence-electron chi connectivity index (χ4n) is 2.25. The first-order chi connectivity index (χ1) is 10.2. The molecule has 1 aliphatic heterocycles. The highest BCUT2D eigenvalue weighted by molar-refractivity contribution is 6.55. The van der Waals surface area contributed by atoms with Crippen LogP contribution in [0.15, 0.2) is 23.7 Å². The van der Waals surface area contributed by atoms with Gasteiger partial charge in [0.05, 0.1) is 11.2 Å². The van der Waals surface area contributed by atoms with E-state index in [1.165, 1.54) is 6.07 Å². The number of nitrogens with two attached hydrogens (primary N) is 2. The fourth-order valence-corrected chi connectivity index (χ4v) is 2.25. The molecule has 0 atom stereocenters. The van der Waals surface area contributed by atoms with Crippen molar-refractivity contribution >= 4 is 13.2 Å². The van der Waals surface area contributed by atoms with Gasteiger partial charge in [-0.2, -0.15) is 0 Å². The second-order valence-electron chi connectivity index (χ2n) is 6.57. The molecule has 4 N–H and O–H groups in total. The normalized spacial score (nSPS) is 20.5. The van der Waals surface area contributed by atoms with Gasteiger partial charge in [-0.05, 0) is 44.8 Å². The highest BCUT2D eigenvalue weighted by Crippen LogP contribution is 2.38. The summed E-state index contributed by atoms with van der Waals surface area (Å²) in [5.74, 6) is -0.318. The zero-order chi connectivity index (χ0) is 16.5. The Balaban J connectivity index is 2.27. The van der Waals surface area contributed by atoms with E-state index in [-0.39, 0.29) is 18.9 Å². The van der Waals surface area contributed by atoms with E-state index in [4.69, 9.17) is 20.8 Å². The molecule has 2 rings (SSSR count). The van der Waals surface area contributed by atoms with Gasteiger partial charge in [-0.3, -0.25) is 0 Å². The van der Waals surface area contributed by atoms with Crippen molar-refractivity contribution in [2.75, 3.05) is 6.54 Å². The van der Waals surface area contributed by atoms with Crippen molar-refractivity contribution in [2.24, 2.45) is 11.5 Å². The third kappa shape index (κ3) is 3.25. The van der Waals surface area contributed by atoms with Gasteiger partial charge in [0.25, 0.3) is 0 Å². The molecule has 1 aromatic rings. The van der Waals surface area contributed by atoms with Gasteiger partial charge in [0.2, 0.25) is 0 Å². The third-order valence-electron chi connectivity index (χ3n) is 4.44. The Kier molecular flexibility index (Phi) is 4.77. The Hall–Kier alpha value is -1.21. The number of halogens is 1. The number of rotatable bonds is 4. The van der Waals surface area contributed by atoms with Gasteiger partial charge in [-0.1, -0.05) is 18.2 Å². The molecule has 0 amide bonds. The summed E-state index contributed by atoms with van der Waals surface area (Å²) in [6.45, 7) is 8.38. The van der Waals surface area contributed by atoms with Crippen LogP contribution in [0.4, 0.5) is 4.39 Å². The molecule has 120 valence electrons. The van der Waals surface area contributed by atoms with Gasteiger partial charge in [0.1, 0.15) is 5.82 Å². The quantitative estimate of drug-likeness (QED) is 0.837. The Labute approximate surface area is 131 Å². The zero-order valence-corrected chi connectivity index (χ0v) is 13.7. The average molecular weight is 306 g/mol. The van der Waals surface area contributed by atoms with Crippen LogP contribution < -0.4 is 11.5 Å². The molecule has 0 spiro atoms. The van der Waals surface area contributed by atoms with E-state index < -0.39 is 18.3 Å². The molecule has 1 aromatic carbocycles. The van der Waals surface area contributed by atoms with E-state index in [9.17, 15) is 4.39 Å². The van der Waals surface area contributed by atoms with E-state index in [2.05, 4.69) is 0 Å². The molecule has 6 heteroatoms. The third-order valence-corrected chi connectivity index (χ3v) is 4.44. The summed E-state index contributed by atoms with van der Waals surface area (Å²) in [6, 6.07) is 4.94. The summed E-state index contributed by atoms with van der Waals surface area (Å²) in [6.07, 6.45) is 1.81. The Bertz CT molecular complexity index is 572. The van der Waals surface area contributed by atoms with Crippen LogP contribution in [0.3, 0.4) is 0 Å². The number of benzene rings is 1. The number of hydrogen-bond donors (Lipinski definition) is 2. The lowest BCUT2D eigenvalue weighted by molar-refractivity contribution is 0.00578. The molecule has 4 nitrogen and oxygen atoms in total.